The highest BCUT2D eigenvalue weighted by atomic mass is 32.1. The molecule has 0 fully saturated rings. The van der Waals surface area contributed by atoms with Gasteiger partial charge in [-0.25, -0.2) is 9.78 Å². The fourth-order valence-corrected chi connectivity index (χ4v) is 6.57. The molecule has 146 valence electrons. The molecule has 28 heavy (non-hydrogen) atoms. The number of rotatable bonds is 3. The number of ether oxygens (including phenoxy) is 1. The lowest BCUT2D eigenvalue weighted by Crippen LogP contribution is -2.18. The topological polar surface area (TPSA) is 60.7 Å². The molecular weight excluding hydrogens is 392 g/mol. The van der Waals surface area contributed by atoms with Gasteiger partial charge in [-0.1, -0.05) is 6.92 Å². The molecule has 0 aliphatic heterocycles. The number of thiazole rings is 1. The molecule has 7 heteroatoms. The maximum atomic E-state index is 12.6. The average molecular weight is 415 g/mol. The smallest absolute Gasteiger partial charge is 0.348 e. The van der Waals surface area contributed by atoms with Crippen molar-refractivity contribution in [3.63, 3.8) is 0 Å². The van der Waals surface area contributed by atoms with Crippen LogP contribution in [0.15, 0.2) is 16.9 Å². The molecule has 0 amide bonds. The van der Waals surface area contributed by atoms with Gasteiger partial charge in [0.15, 0.2) is 4.96 Å². The van der Waals surface area contributed by atoms with Gasteiger partial charge in [0, 0.05) is 21.5 Å². The van der Waals surface area contributed by atoms with Gasteiger partial charge in [-0.3, -0.25) is 9.20 Å². The van der Waals surface area contributed by atoms with Gasteiger partial charge >= 0.3 is 5.97 Å². The predicted molar refractivity (Wildman–Crippen MR) is 111 cm³/mol. The Morgan fingerprint density at radius 2 is 2.07 bits per heavy atom. The Kier molecular flexibility index (Phi) is 4.59. The lowest BCUT2D eigenvalue weighted by Gasteiger charge is -2.16. The summed E-state index contributed by atoms with van der Waals surface area (Å²) in [6, 6.07) is 3.49. The number of aromatic nitrogens is 2. The minimum atomic E-state index is -0.320. The average Bonchev–Trinajstić information content (AvgIpc) is 3.26. The quantitative estimate of drug-likeness (QED) is 0.603. The van der Waals surface area contributed by atoms with Crippen molar-refractivity contribution in [3.8, 4) is 0 Å². The summed E-state index contributed by atoms with van der Waals surface area (Å²) in [6.07, 6.45) is 7.52. The van der Waals surface area contributed by atoms with E-state index in [1.807, 2.05) is 6.07 Å². The van der Waals surface area contributed by atoms with Gasteiger partial charge in [-0.05, 0) is 62.5 Å². The molecule has 0 bridgehead atoms. The summed E-state index contributed by atoms with van der Waals surface area (Å²) >= 11 is 3.14. The first-order chi connectivity index (χ1) is 13.6. The molecule has 0 radical (unpaired) electrons. The summed E-state index contributed by atoms with van der Waals surface area (Å²) in [5.74, 6) is 0.353. The molecule has 3 aromatic rings. The zero-order valence-electron chi connectivity index (χ0n) is 15.8. The number of hydrogen-bond acceptors (Lipinski definition) is 6. The van der Waals surface area contributed by atoms with Crippen LogP contribution in [0.3, 0.4) is 0 Å². The van der Waals surface area contributed by atoms with Crippen molar-refractivity contribution in [2.24, 2.45) is 5.92 Å². The molecule has 0 aromatic carbocycles. The summed E-state index contributed by atoms with van der Waals surface area (Å²) < 4.78 is 7.23. The van der Waals surface area contributed by atoms with E-state index in [2.05, 4.69) is 11.9 Å². The number of esters is 1. The van der Waals surface area contributed by atoms with E-state index in [0.29, 0.717) is 21.4 Å². The van der Waals surface area contributed by atoms with Gasteiger partial charge in [-0.15, -0.1) is 22.7 Å². The second-order valence-electron chi connectivity index (χ2n) is 7.87. The molecule has 2 aliphatic rings. The van der Waals surface area contributed by atoms with Crippen LogP contribution in [-0.2, 0) is 37.0 Å². The van der Waals surface area contributed by atoms with Crippen LogP contribution in [0.25, 0.3) is 4.96 Å². The number of carbonyl (C=O) groups excluding carboxylic acids is 1. The van der Waals surface area contributed by atoms with Gasteiger partial charge < -0.3 is 4.74 Å². The third-order valence-corrected chi connectivity index (χ3v) is 8.06. The number of aryl methyl sites for hydroxylation is 3. The maximum Gasteiger partial charge on any atom is 0.348 e. The standard InChI is InChI=1S/C21H22N2O3S2/c1-12-6-7-16-13(8-12)9-18(27-16)20(25)26-11-14-10-19(24)23-15-4-2-3-5-17(15)28-21(23)22-14/h9-10,12H,2-8,11H2,1H3/t12-/m0/s1. The van der Waals surface area contributed by atoms with Crippen LogP contribution < -0.4 is 5.56 Å². The van der Waals surface area contributed by atoms with Gasteiger partial charge in [-0.2, -0.15) is 0 Å². The number of nitrogens with zero attached hydrogens (tertiary/aromatic N) is 2. The van der Waals surface area contributed by atoms with Crippen molar-refractivity contribution in [2.75, 3.05) is 0 Å². The first-order valence-corrected chi connectivity index (χ1v) is 11.5. The molecule has 3 heterocycles. The second-order valence-corrected chi connectivity index (χ2v) is 10.1. The van der Waals surface area contributed by atoms with Crippen LogP contribution >= 0.6 is 22.7 Å². The minimum absolute atomic E-state index is 0.0338. The van der Waals surface area contributed by atoms with Crippen LogP contribution in [-0.4, -0.2) is 15.4 Å². The fourth-order valence-electron chi connectivity index (χ4n) is 4.23. The first-order valence-electron chi connectivity index (χ1n) is 9.90. The summed E-state index contributed by atoms with van der Waals surface area (Å²) in [4.78, 5) is 33.6. The zero-order valence-corrected chi connectivity index (χ0v) is 17.5. The Hall–Kier alpha value is -1.99. The number of thiophene rings is 1. The Morgan fingerprint density at radius 1 is 1.21 bits per heavy atom. The van der Waals surface area contributed by atoms with E-state index in [0.717, 1.165) is 37.8 Å². The van der Waals surface area contributed by atoms with Crippen molar-refractivity contribution in [3.05, 3.63) is 54.1 Å². The lowest BCUT2D eigenvalue weighted by molar-refractivity contribution is 0.0473. The zero-order chi connectivity index (χ0) is 19.3. The van der Waals surface area contributed by atoms with E-state index in [-0.39, 0.29) is 18.1 Å². The third-order valence-electron chi connectivity index (χ3n) is 5.70. The number of fused-ring (bicyclic) bond motifs is 4. The lowest BCUT2D eigenvalue weighted by atomic mass is 9.90. The van der Waals surface area contributed by atoms with E-state index >= 15 is 0 Å². The van der Waals surface area contributed by atoms with Gasteiger partial charge in [0.05, 0.1) is 5.69 Å². The van der Waals surface area contributed by atoms with Crippen molar-refractivity contribution >= 4 is 33.6 Å². The first kappa shape index (κ1) is 18.1. The SMILES string of the molecule is C[C@H]1CCc2sc(C(=O)OCc3cc(=O)n4c5c(sc4n3)CCCC5)cc2C1. The highest BCUT2D eigenvalue weighted by molar-refractivity contribution is 7.17. The van der Waals surface area contributed by atoms with Crippen molar-refractivity contribution in [1.82, 2.24) is 9.38 Å². The van der Waals surface area contributed by atoms with Crippen LogP contribution in [0.2, 0.25) is 0 Å². The molecule has 3 aromatic heterocycles. The molecule has 2 aliphatic carbocycles. The highest BCUT2D eigenvalue weighted by Crippen LogP contribution is 2.32. The Bertz CT molecular complexity index is 1120. The molecule has 1 atom stereocenters. The maximum absolute atomic E-state index is 12.6. The minimum Gasteiger partial charge on any atom is -0.455 e. The summed E-state index contributed by atoms with van der Waals surface area (Å²) in [6.45, 7) is 2.29. The monoisotopic (exact) mass is 414 g/mol. The number of hydrogen-bond donors (Lipinski definition) is 0. The van der Waals surface area contributed by atoms with Crippen molar-refractivity contribution < 1.29 is 9.53 Å². The van der Waals surface area contributed by atoms with Crippen molar-refractivity contribution in [1.29, 1.82) is 0 Å². The summed E-state index contributed by atoms with van der Waals surface area (Å²) in [5, 5.41) is 0. The highest BCUT2D eigenvalue weighted by Gasteiger charge is 2.22. The van der Waals surface area contributed by atoms with E-state index in [4.69, 9.17) is 4.74 Å². The molecule has 0 spiro atoms. The number of carbonyl (C=O) groups is 1. The van der Waals surface area contributed by atoms with Gasteiger partial charge in [0.2, 0.25) is 0 Å². The molecule has 5 nitrogen and oxygen atoms in total. The van der Waals surface area contributed by atoms with Crippen molar-refractivity contribution in [2.45, 2.75) is 58.5 Å². The third kappa shape index (κ3) is 3.20. The van der Waals surface area contributed by atoms with E-state index in [1.54, 1.807) is 27.1 Å². The van der Waals surface area contributed by atoms with E-state index < -0.39 is 0 Å². The summed E-state index contributed by atoms with van der Waals surface area (Å²) in [7, 11) is 0. The molecule has 0 saturated heterocycles. The molecule has 0 unspecified atom stereocenters. The second kappa shape index (κ2) is 7.12. The van der Waals surface area contributed by atoms with Crippen LogP contribution in [0.5, 0.6) is 0 Å². The van der Waals surface area contributed by atoms with Crippen LogP contribution in [0.1, 0.15) is 62.6 Å². The molecule has 0 N–H and O–H groups in total. The van der Waals surface area contributed by atoms with Crippen LogP contribution in [0.4, 0.5) is 0 Å². The molecule has 5 rings (SSSR count). The van der Waals surface area contributed by atoms with Crippen LogP contribution in [0, 0.1) is 5.92 Å². The largest absolute Gasteiger partial charge is 0.455 e. The molecular formula is C21H22N2O3S2. The predicted octanol–water partition coefficient (Wildman–Crippen LogP) is 4.18. The summed E-state index contributed by atoms with van der Waals surface area (Å²) in [5.41, 5.74) is 2.85. The van der Waals surface area contributed by atoms with Gasteiger partial charge in [0.25, 0.3) is 5.56 Å². The fraction of sp³-hybridized carbons (Fsp3) is 0.476. The van der Waals surface area contributed by atoms with Gasteiger partial charge in [0.1, 0.15) is 11.5 Å². The van der Waals surface area contributed by atoms with E-state index in [1.165, 1.54) is 34.2 Å². The Morgan fingerprint density at radius 3 is 2.96 bits per heavy atom. The Labute approximate surface area is 171 Å². The Balaban J connectivity index is 1.34. The normalized spacial score (nSPS) is 18.7. The molecule has 0 saturated carbocycles. The van der Waals surface area contributed by atoms with E-state index in [9.17, 15) is 9.59 Å².